The summed E-state index contributed by atoms with van der Waals surface area (Å²) >= 11 is 0. The summed E-state index contributed by atoms with van der Waals surface area (Å²) in [6.07, 6.45) is 3.71. The maximum Gasteiger partial charge on any atom is 0.278 e. The monoisotopic (exact) mass is 387 g/mol. The molecular weight excluding hydrogens is 366 g/mol. The molecule has 1 fully saturated rings. The van der Waals surface area contributed by atoms with E-state index in [0.717, 1.165) is 42.9 Å². The lowest BCUT2D eigenvalue weighted by molar-refractivity contribution is 0.102. The smallest absolute Gasteiger partial charge is 0.278 e. The molecule has 0 radical (unpaired) electrons. The molecule has 9 heteroatoms. The van der Waals surface area contributed by atoms with Gasteiger partial charge in [0.25, 0.3) is 5.91 Å². The van der Waals surface area contributed by atoms with Crippen LogP contribution in [-0.2, 0) is 0 Å². The number of aromatic amines is 1. The van der Waals surface area contributed by atoms with Gasteiger partial charge in [-0.3, -0.25) is 9.89 Å². The van der Waals surface area contributed by atoms with Crippen LogP contribution in [0.25, 0.3) is 11.3 Å². The minimum atomic E-state index is -0.239. The van der Waals surface area contributed by atoms with E-state index in [1.807, 2.05) is 41.9 Å². The van der Waals surface area contributed by atoms with Crippen molar-refractivity contribution in [3.05, 3.63) is 47.9 Å². The number of piperidine rings is 1. The Morgan fingerprint density at radius 1 is 1.19 bits per heavy atom. The number of halogens is 1. The number of carbonyl (C=O) groups is 1. The highest BCUT2D eigenvalue weighted by Gasteiger charge is 2.22. The summed E-state index contributed by atoms with van der Waals surface area (Å²) in [7, 11) is 0. The van der Waals surface area contributed by atoms with Crippen LogP contribution in [0.4, 0.5) is 5.69 Å². The van der Waals surface area contributed by atoms with Gasteiger partial charge < -0.3 is 10.6 Å². The van der Waals surface area contributed by atoms with Crippen molar-refractivity contribution >= 4 is 24.0 Å². The number of rotatable bonds is 4. The van der Waals surface area contributed by atoms with Gasteiger partial charge in [0.15, 0.2) is 5.69 Å². The number of hydrogen-bond acceptors (Lipinski definition) is 5. The summed E-state index contributed by atoms with van der Waals surface area (Å²) < 4.78 is 1.89. The fraction of sp³-hybridized carbons (Fsp3) is 0.333. The third-order valence-electron chi connectivity index (χ3n) is 4.75. The van der Waals surface area contributed by atoms with Crippen LogP contribution in [0.15, 0.2) is 36.5 Å². The summed E-state index contributed by atoms with van der Waals surface area (Å²) in [5, 5.41) is 21.4. The minimum absolute atomic E-state index is 0. The van der Waals surface area contributed by atoms with Gasteiger partial charge in [-0.25, -0.2) is 4.68 Å². The molecule has 8 nitrogen and oxygen atoms in total. The lowest BCUT2D eigenvalue weighted by Gasteiger charge is -2.23. The van der Waals surface area contributed by atoms with Crippen LogP contribution in [0.3, 0.4) is 0 Å². The molecular formula is C18H22ClN7O. The summed E-state index contributed by atoms with van der Waals surface area (Å²) in [6, 6.07) is 9.79. The van der Waals surface area contributed by atoms with E-state index in [1.165, 1.54) is 0 Å². The van der Waals surface area contributed by atoms with Gasteiger partial charge in [-0.05, 0) is 56.6 Å². The molecule has 1 amide bonds. The number of nitrogens with one attached hydrogen (secondary N) is 3. The summed E-state index contributed by atoms with van der Waals surface area (Å²) in [5.74, 6) is -0.239. The molecule has 27 heavy (non-hydrogen) atoms. The number of hydrogen-bond donors (Lipinski definition) is 3. The van der Waals surface area contributed by atoms with Gasteiger partial charge in [0.1, 0.15) is 0 Å². The second kappa shape index (κ2) is 8.32. The molecule has 0 bridgehead atoms. The first-order valence-electron chi connectivity index (χ1n) is 8.76. The number of aromatic nitrogens is 5. The number of H-pyrrole nitrogens is 1. The van der Waals surface area contributed by atoms with Crippen LogP contribution in [0, 0.1) is 6.92 Å². The van der Waals surface area contributed by atoms with Crippen LogP contribution >= 0.6 is 12.4 Å². The van der Waals surface area contributed by atoms with Crippen molar-refractivity contribution in [3.63, 3.8) is 0 Å². The highest BCUT2D eigenvalue weighted by atomic mass is 35.5. The zero-order valence-electron chi connectivity index (χ0n) is 15.0. The van der Waals surface area contributed by atoms with Crippen molar-refractivity contribution in [1.82, 2.24) is 30.5 Å². The number of anilines is 1. The lowest BCUT2D eigenvalue weighted by Crippen LogP contribution is -2.30. The fourth-order valence-corrected chi connectivity index (χ4v) is 3.29. The normalized spacial score (nSPS) is 14.6. The Labute approximate surface area is 163 Å². The second-order valence-electron chi connectivity index (χ2n) is 6.45. The molecule has 0 saturated carbocycles. The molecule has 142 valence electrons. The number of carbonyl (C=O) groups excluding carboxylic acids is 1. The molecule has 3 aromatic rings. The average molecular weight is 388 g/mol. The Hall–Kier alpha value is -2.71. The minimum Gasteiger partial charge on any atom is -0.321 e. The molecule has 0 aliphatic carbocycles. The maximum atomic E-state index is 12.6. The first-order valence-corrected chi connectivity index (χ1v) is 8.76. The summed E-state index contributed by atoms with van der Waals surface area (Å²) in [5.41, 5.74) is 3.84. The Bertz CT molecular complexity index is 883. The first-order chi connectivity index (χ1) is 12.7. The van der Waals surface area contributed by atoms with Crippen molar-refractivity contribution < 1.29 is 4.79 Å². The summed E-state index contributed by atoms with van der Waals surface area (Å²) in [4.78, 5) is 12.6. The van der Waals surface area contributed by atoms with E-state index in [4.69, 9.17) is 0 Å². The van der Waals surface area contributed by atoms with Gasteiger partial charge in [-0.2, -0.15) is 5.10 Å². The highest BCUT2D eigenvalue weighted by molar-refractivity contribution is 6.03. The molecule has 1 saturated heterocycles. The van der Waals surface area contributed by atoms with E-state index in [0.29, 0.717) is 17.4 Å². The zero-order chi connectivity index (χ0) is 17.9. The van der Waals surface area contributed by atoms with Crippen molar-refractivity contribution in [2.24, 2.45) is 0 Å². The van der Waals surface area contributed by atoms with E-state index in [9.17, 15) is 4.79 Å². The molecule has 1 aliphatic heterocycles. The largest absolute Gasteiger partial charge is 0.321 e. The van der Waals surface area contributed by atoms with Gasteiger partial charge in [0.05, 0.1) is 17.4 Å². The molecule has 0 unspecified atom stereocenters. The van der Waals surface area contributed by atoms with E-state index >= 15 is 0 Å². The van der Waals surface area contributed by atoms with Gasteiger partial charge in [0, 0.05) is 11.9 Å². The van der Waals surface area contributed by atoms with Crippen molar-refractivity contribution in [2.45, 2.75) is 25.8 Å². The Kier molecular flexibility index (Phi) is 5.88. The molecule has 3 N–H and O–H groups in total. The Morgan fingerprint density at radius 3 is 2.59 bits per heavy atom. The molecule has 3 heterocycles. The van der Waals surface area contributed by atoms with Crippen LogP contribution in [-0.4, -0.2) is 44.2 Å². The van der Waals surface area contributed by atoms with Gasteiger partial charge in [-0.1, -0.05) is 17.3 Å². The van der Waals surface area contributed by atoms with E-state index in [2.05, 4.69) is 31.1 Å². The van der Waals surface area contributed by atoms with Gasteiger partial charge in [-0.15, -0.1) is 17.5 Å². The van der Waals surface area contributed by atoms with Gasteiger partial charge >= 0.3 is 0 Å². The number of amides is 1. The summed E-state index contributed by atoms with van der Waals surface area (Å²) in [6.45, 7) is 3.83. The third-order valence-corrected chi connectivity index (χ3v) is 4.75. The Morgan fingerprint density at radius 2 is 1.93 bits per heavy atom. The molecule has 4 rings (SSSR count). The standard InChI is InChI=1S/C18H21N7O.ClH/c1-12-17(23-24-25(12)15-6-9-19-10-7-15)18(26)21-14-4-2-13(3-5-14)16-8-11-20-22-16;/h2-5,8,11,15,19H,6-7,9-10H2,1H3,(H,20,22)(H,21,26);1H. The van der Waals surface area contributed by atoms with Crippen LogP contribution in [0.5, 0.6) is 0 Å². The van der Waals surface area contributed by atoms with Gasteiger partial charge in [0.2, 0.25) is 0 Å². The first kappa shape index (κ1) is 19.1. The zero-order valence-corrected chi connectivity index (χ0v) is 15.8. The molecule has 1 aliphatic rings. The van der Waals surface area contributed by atoms with E-state index in [1.54, 1.807) is 6.20 Å². The molecule has 1 aromatic carbocycles. The predicted octanol–water partition coefficient (Wildman–Crippen LogP) is 2.58. The van der Waals surface area contributed by atoms with Crippen molar-refractivity contribution in [2.75, 3.05) is 18.4 Å². The maximum absolute atomic E-state index is 12.6. The van der Waals surface area contributed by atoms with E-state index < -0.39 is 0 Å². The quantitative estimate of drug-likeness (QED) is 0.638. The van der Waals surface area contributed by atoms with Crippen LogP contribution in [0.1, 0.15) is 35.1 Å². The molecule has 0 spiro atoms. The van der Waals surface area contributed by atoms with E-state index in [-0.39, 0.29) is 18.3 Å². The van der Waals surface area contributed by atoms with Crippen molar-refractivity contribution in [1.29, 1.82) is 0 Å². The molecule has 0 atom stereocenters. The third kappa shape index (κ3) is 4.01. The SMILES string of the molecule is Cc1c(C(=O)Nc2ccc(-c3ccn[nH]3)cc2)nnn1C1CCNCC1.Cl. The average Bonchev–Trinajstić information content (AvgIpc) is 3.33. The predicted molar refractivity (Wildman–Crippen MR) is 105 cm³/mol. The lowest BCUT2D eigenvalue weighted by atomic mass is 10.1. The highest BCUT2D eigenvalue weighted by Crippen LogP contribution is 2.22. The van der Waals surface area contributed by atoms with Crippen LogP contribution < -0.4 is 10.6 Å². The Balaban J connectivity index is 0.00000210. The molecule has 2 aromatic heterocycles. The number of nitrogens with zero attached hydrogens (tertiary/aromatic N) is 4. The second-order valence-corrected chi connectivity index (χ2v) is 6.45. The van der Waals surface area contributed by atoms with Crippen LogP contribution in [0.2, 0.25) is 0 Å². The number of benzene rings is 1. The fourth-order valence-electron chi connectivity index (χ4n) is 3.29. The topological polar surface area (TPSA) is 101 Å². The van der Waals surface area contributed by atoms with Crippen molar-refractivity contribution in [3.8, 4) is 11.3 Å².